The predicted molar refractivity (Wildman–Crippen MR) is 136 cm³/mol. The molecular formula is C27H41NO6S. The second-order valence-corrected chi connectivity index (χ2v) is 12.3. The van der Waals surface area contributed by atoms with Crippen LogP contribution in [0.4, 0.5) is 0 Å². The molecule has 196 valence electrons. The molecule has 2 aliphatic rings. The van der Waals surface area contributed by atoms with Gasteiger partial charge in [0.15, 0.2) is 0 Å². The number of thiazole rings is 1. The maximum atomic E-state index is 13.2. The molecule has 1 aromatic heterocycles. The Balaban J connectivity index is 1.85. The van der Waals surface area contributed by atoms with Crippen LogP contribution in [-0.2, 0) is 19.1 Å². The molecular weight excluding hydrogens is 466 g/mol. The second-order valence-electron chi connectivity index (χ2n) is 11.3. The van der Waals surface area contributed by atoms with Crippen molar-refractivity contribution in [3.8, 4) is 0 Å². The molecule has 1 unspecified atom stereocenters. The summed E-state index contributed by atoms with van der Waals surface area (Å²) in [5, 5.41) is 24.6. The molecule has 35 heavy (non-hydrogen) atoms. The van der Waals surface area contributed by atoms with E-state index >= 15 is 0 Å². The number of aryl methyl sites for hydroxylation is 1. The molecule has 7 nitrogen and oxygen atoms in total. The summed E-state index contributed by atoms with van der Waals surface area (Å²) in [5.41, 5.74) is 0.179. The van der Waals surface area contributed by atoms with Crippen LogP contribution < -0.4 is 0 Å². The highest BCUT2D eigenvalue weighted by Gasteiger charge is 2.53. The Labute approximate surface area is 212 Å². The summed E-state index contributed by atoms with van der Waals surface area (Å²) in [6.45, 7) is 12.8. The van der Waals surface area contributed by atoms with Gasteiger partial charge in [0.25, 0.3) is 0 Å². The lowest BCUT2D eigenvalue weighted by Crippen LogP contribution is -2.45. The Morgan fingerprint density at radius 3 is 2.54 bits per heavy atom. The van der Waals surface area contributed by atoms with Gasteiger partial charge in [-0.3, -0.25) is 9.59 Å². The van der Waals surface area contributed by atoms with Gasteiger partial charge >= 0.3 is 5.97 Å². The lowest BCUT2D eigenvalue weighted by Gasteiger charge is -2.34. The summed E-state index contributed by atoms with van der Waals surface area (Å²) in [7, 11) is 0. The van der Waals surface area contributed by atoms with Crippen LogP contribution >= 0.6 is 11.3 Å². The number of aliphatic hydroxyl groups is 2. The van der Waals surface area contributed by atoms with Crippen LogP contribution in [0.1, 0.15) is 84.3 Å². The molecule has 0 spiro atoms. The summed E-state index contributed by atoms with van der Waals surface area (Å²) in [6, 6.07) is 0. The van der Waals surface area contributed by atoms with Gasteiger partial charge in [-0.1, -0.05) is 34.1 Å². The number of carbonyl (C=O) groups excluding carboxylic acids is 2. The van der Waals surface area contributed by atoms with Crippen molar-refractivity contribution in [2.45, 2.75) is 111 Å². The molecule has 0 aliphatic carbocycles. The number of ether oxygens (including phenoxy) is 2. The fourth-order valence-corrected chi connectivity index (χ4v) is 5.64. The minimum Gasteiger partial charge on any atom is -0.458 e. The van der Waals surface area contributed by atoms with Crippen molar-refractivity contribution in [2.75, 3.05) is 0 Å². The first-order valence-electron chi connectivity index (χ1n) is 12.6. The highest BCUT2D eigenvalue weighted by Crippen LogP contribution is 2.45. The number of hydrogen-bond acceptors (Lipinski definition) is 8. The van der Waals surface area contributed by atoms with Gasteiger partial charge in [0.1, 0.15) is 11.9 Å². The van der Waals surface area contributed by atoms with E-state index in [1.807, 2.05) is 32.2 Å². The normalized spacial score (nSPS) is 37.5. The molecule has 3 heterocycles. The highest BCUT2D eigenvalue weighted by atomic mass is 32.1. The average molecular weight is 508 g/mol. The minimum atomic E-state index is -1.23. The lowest BCUT2D eigenvalue weighted by molar-refractivity contribution is -0.154. The van der Waals surface area contributed by atoms with Crippen LogP contribution in [0.25, 0.3) is 6.08 Å². The summed E-state index contributed by atoms with van der Waals surface area (Å²) in [6.07, 6.45) is 1.98. The van der Waals surface area contributed by atoms with Crippen molar-refractivity contribution in [3.05, 3.63) is 21.7 Å². The topological polar surface area (TPSA) is 109 Å². The van der Waals surface area contributed by atoms with Crippen LogP contribution in [0.3, 0.4) is 0 Å². The number of ketones is 1. The van der Waals surface area contributed by atoms with Gasteiger partial charge < -0.3 is 19.7 Å². The number of rotatable bonds is 2. The fourth-order valence-electron chi connectivity index (χ4n) is 5.07. The number of aromatic nitrogens is 1. The van der Waals surface area contributed by atoms with E-state index in [4.69, 9.17) is 9.47 Å². The van der Waals surface area contributed by atoms with E-state index in [-0.39, 0.29) is 29.8 Å². The maximum Gasteiger partial charge on any atom is 0.309 e. The van der Waals surface area contributed by atoms with E-state index in [1.54, 1.807) is 32.1 Å². The summed E-state index contributed by atoms with van der Waals surface area (Å²) in [4.78, 5) is 30.6. The molecule has 0 radical (unpaired) electrons. The van der Waals surface area contributed by atoms with Crippen molar-refractivity contribution >= 4 is 29.2 Å². The number of hydrogen-bond donors (Lipinski definition) is 2. The van der Waals surface area contributed by atoms with E-state index in [9.17, 15) is 19.8 Å². The molecule has 2 saturated heterocycles. The largest absolute Gasteiger partial charge is 0.458 e. The lowest BCUT2D eigenvalue weighted by atomic mass is 9.73. The van der Waals surface area contributed by atoms with Crippen molar-refractivity contribution in [1.82, 2.24) is 4.98 Å². The van der Waals surface area contributed by atoms with Crippen LogP contribution in [0, 0.1) is 24.2 Å². The van der Waals surface area contributed by atoms with Crippen molar-refractivity contribution in [1.29, 1.82) is 0 Å². The third-order valence-electron chi connectivity index (χ3n) is 7.93. The van der Waals surface area contributed by atoms with Crippen molar-refractivity contribution in [3.63, 3.8) is 0 Å². The van der Waals surface area contributed by atoms with Crippen LogP contribution in [0.15, 0.2) is 11.0 Å². The smallest absolute Gasteiger partial charge is 0.309 e. The molecule has 2 fully saturated rings. The number of cyclic esters (lactones) is 1. The molecule has 7 atom stereocenters. The van der Waals surface area contributed by atoms with E-state index in [1.165, 1.54) is 0 Å². The molecule has 2 N–H and O–H groups in total. The molecule has 0 amide bonds. The van der Waals surface area contributed by atoms with E-state index in [0.717, 1.165) is 35.5 Å². The SMILES string of the molecule is C/C(=C\c1csc(C)n1)[C@@H]1C[C@H]2O[C@@]2(C)CCC[C@H](C)C(O)[C@@H](C)C(=O)C(C)(C)[C@@H](O)CC(=O)O1. The first kappa shape index (κ1) is 28.0. The van der Waals surface area contributed by atoms with E-state index in [0.29, 0.717) is 6.42 Å². The first-order chi connectivity index (χ1) is 16.2. The summed E-state index contributed by atoms with van der Waals surface area (Å²) < 4.78 is 11.9. The number of fused-ring (bicyclic) bond motifs is 1. The second kappa shape index (κ2) is 10.8. The highest BCUT2D eigenvalue weighted by molar-refractivity contribution is 7.09. The third-order valence-corrected chi connectivity index (χ3v) is 8.72. The molecule has 2 aliphatic heterocycles. The third kappa shape index (κ3) is 6.59. The molecule has 0 saturated carbocycles. The van der Waals surface area contributed by atoms with Gasteiger partial charge in [0.2, 0.25) is 0 Å². The number of Topliss-reactive ketones (excluding diaryl/α,β-unsaturated/α-hetero) is 1. The maximum absolute atomic E-state index is 13.2. The number of aliphatic hydroxyl groups excluding tert-OH is 2. The molecule has 3 rings (SSSR count). The quantitative estimate of drug-likeness (QED) is 0.449. The van der Waals surface area contributed by atoms with E-state index < -0.39 is 35.6 Å². The monoisotopic (exact) mass is 507 g/mol. The molecule has 0 bridgehead atoms. The van der Waals surface area contributed by atoms with Gasteiger partial charge in [-0.05, 0) is 51.2 Å². The number of carbonyl (C=O) groups is 2. The number of esters is 1. The zero-order valence-corrected chi connectivity index (χ0v) is 22.9. The zero-order chi connectivity index (χ0) is 26.1. The first-order valence-corrected chi connectivity index (χ1v) is 13.5. The van der Waals surface area contributed by atoms with Gasteiger partial charge in [-0.25, -0.2) is 4.98 Å². The average Bonchev–Trinajstić information content (AvgIpc) is 3.22. The van der Waals surface area contributed by atoms with Gasteiger partial charge in [-0.2, -0.15) is 0 Å². The van der Waals surface area contributed by atoms with Gasteiger partial charge in [-0.15, -0.1) is 11.3 Å². The van der Waals surface area contributed by atoms with Crippen molar-refractivity contribution in [2.24, 2.45) is 17.3 Å². The summed E-state index contributed by atoms with van der Waals surface area (Å²) in [5.74, 6) is -1.55. The van der Waals surface area contributed by atoms with E-state index in [2.05, 4.69) is 11.9 Å². The Morgan fingerprint density at radius 2 is 1.91 bits per heavy atom. The van der Waals surface area contributed by atoms with Crippen LogP contribution in [-0.4, -0.2) is 57.0 Å². The molecule has 0 aromatic carbocycles. The molecule has 1 aromatic rings. The Kier molecular flexibility index (Phi) is 8.62. The number of nitrogens with zero attached hydrogens (tertiary/aromatic N) is 1. The Bertz CT molecular complexity index is 955. The Morgan fingerprint density at radius 1 is 1.23 bits per heavy atom. The standard InChI is InChI=1S/C27H41NO6S/c1-15-9-8-10-27(7)22(34-27)12-20(16(2)11-19-14-35-18(4)28-19)33-23(30)13-21(29)26(5,6)25(32)17(3)24(15)31/h11,14-15,17,20-22,24,29,31H,8-10,12-13H2,1-7H3/b16-11+/t15-,17+,20-,21-,22+,24?,27-/m0/s1. The van der Waals surface area contributed by atoms with Gasteiger partial charge in [0, 0.05) is 17.7 Å². The summed E-state index contributed by atoms with van der Waals surface area (Å²) >= 11 is 1.56. The fraction of sp³-hybridized carbons (Fsp3) is 0.741. The van der Waals surface area contributed by atoms with Crippen molar-refractivity contribution < 1.29 is 29.3 Å². The van der Waals surface area contributed by atoms with Gasteiger partial charge in [0.05, 0.1) is 46.5 Å². The Hall–Kier alpha value is -1.61. The van der Waals surface area contributed by atoms with Crippen LogP contribution in [0.2, 0.25) is 0 Å². The molecule has 8 heteroatoms. The zero-order valence-electron chi connectivity index (χ0n) is 22.0. The minimum absolute atomic E-state index is 0.0455. The van der Waals surface area contributed by atoms with Crippen LogP contribution in [0.5, 0.6) is 0 Å². The predicted octanol–water partition coefficient (Wildman–Crippen LogP) is 4.48. The number of epoxide rings is 1.